The summed E-state index contributed by atoms with van der Waals surface area (Å²) in [6.45, 7) is 4.06. The molecule has 1 unspecified atom stereocenters. The molecular formula is C13H15BrCl2N4. The maximum atomic E-state index is 6.31. The molecule has 0 spiro atoms. The van der Waals surface area contributed by atoms with E-state index in [1.165, 1.54) is 0 Å². The van der Waals surface area contributed by atoms with Crippen LogP contribution in [0.25, 0.3) is 0 Å². The van der Waals surface area contributed by atoms with E-state index in [0.717, 1.165) is 15.7 Å². The molecule has 4 nitrogen and oxygen atoms in total. The molecule has 0 aliphatic heterocycles. The van der Waals surface area contributed by atoms with Crippen molar-refractivity contribution in [2.45, 2.75) is 25.9 Å². The molecule has 1 aromatic carbocycles. The molecule has 0 fully saturated rings. The Morgan fingerprint density at radius 1 is 1.30 bits per heavy atom. The van der Waals surface area contributed by atoms with Gasteiger partial charge in [-0.3, -0.25) is 10.5 Å². The predicted octanol–water partition coefficient (Wildman–Crippen LogP) is 4.09. The minimum atomic E-state index is -0.326. The Morgan fingerprint density at radius 3 is 2.55 bits per heavy atom. The molecule has 1 aromatic heterocycles. The van der Waals surface area contributed by atoms with Crippen LogP contribution in [-0.4, -0.2) is 9.78 Å². The van der Waals surface area contributed by atoms with Crippen LogP contribution >= 0.6 is 39.1 Å². The average Bonchev–Trinajstić information content (AvgIpc) is 2.75. The molecule has 1 heterocycles. The first-order valence-electron chi connectivity index (χ1n) is 6.09. The Kier molecular flexibility index (Phi) is 5.09. The summed E-state index contributed by atoms with van der Waals surface area (Å²) in [5, 5.41) is 5.46. The highest BCUT2D eigenvalue weighted by Gasteiger charge is 2.24. The number of nitrogens with zero attached hydrogens (tertiary/aromatic N) is 2. The second-order valence-electron chi connectivity index (χ2n) is 4.68. The molecule has 1 atom stereocenters. The van der Waals surface area contributed by atoms with Gasteiger partial charge in [0.05, 0.1) is 23.0 Å². The van der Waals surface area contributed by atoms with E-state index in [1.807, 2.05) is 36.7 Å². The zero-order valence-corrected chi connectivity index (χ0v) is 14.2. The second-order valence-corrected chi connectivity index (χ2v) is 6.41. The maximum Gasteiger partial charge on any atom is 0.0907 e. The van der Waals surface area contributed by atoms with Crippen molar-refractivity contribution in [3.8, 4) is 0 Å². The number of hydrogen-bond acceptors (Lipinski definition) is 3. The molecule has 2 rings (SSSR count). The summed E-state index contributed by atoms with van der Waals surface area (Å²) in [6.07, 6.45) is 1.62. The van der Waals surface area contributed by atoms with Crippen LogP contribution in [0.3, 0.4) is 0 Å². The fourth-order valence-electron chi connectivity index (χ4n) is 2.08. The van der Waals surface area contributed by atoms with Gasteiger partial charge in [0.15, 0.2) is 0 Å². The van der Waals surface area contributed by atoms with Crippen LogP contribution < -0.4 is 11.3 Å². The van der Waals surface area contributed by atoms with Crippen molar-refractivity contribution in [2.75, 3.05) is 0 Å². The zero-order valence-electron chi connectivity index (χ0n) is 11.1. The van der Waals surface area contributed by atoms with Gasteiger partial charge in [0.2, 0.25) is 0 Å². The third-order valence-electron chi connectivity index (χ3n) is 2.99. The summed E-state index contributed by atoms with van der Waals surface area (Å²) in [7, 11) is 0. The molecular weight excluding hydrogens is 363 g/mol. The minimum absolute atomic E-state index is 0.169. The number of halogens is 3. The van der Waals surface area contributed by atoms with Gasteiger partial charge in [-0.25, -0.2) is 5.43 Å². The quantitative estimate of drug-likeness (QED) is 0.623. The van der Waals surface area contributed by atoms with Crippen LogP contribution in [0.1, 0.15) is 37.2 Å². The highest BCUT2D eigenvalue weighted by atomic mass is 79.9. The van der Waals surface area contributed by atoms with Crippen molar-refractivity contribution in [1.82, 2.24) is 15.2 Å². The lowest BCUT2D eigenvalue weighted by Crippen LogP contribution is -2.31. The van der Waals surface area contributed by atoms with Gasteiger partial charge in [-0.05, 0) is 31.5 Å². The molecule has 20 heavy (non-hydrogen) atoms. The van der Waals surface area contributed by atoms with E-state index in [2.05, 4.69) is 26.5 Å². The summed E-state index contributed by atoms with van der Waals surface area (Å²) < 4.78 is 2.75. The second kappa shape index (κ2) is 6.45. The van der Waals surface area contributed by atoms with Gasteiger partial charge >= 0.3 is 0 Å². The maximum absolute atomic E-state index is 6.31. The van der Waals surface area contributed by atoms with Gasteiger partial charge in [0, 0.05) is 15.5 Å². The minimum Gasteiger partial charge on any atom is -0.271 e. The van der Waals surface area contributed by atoms with E-state index in [-0.39, 0.29) is 12.1 Å². The Morgan fingerprint density at radius 2 is 2.00 bits per heavy atom. The van der Waals surface area contributed by atoms with Crippen molar-refractivity contribution in [3.05, 3.63) is 50.2 Å². The van der Waals surface area contributed by atoms with E-state index in [1.54, 1.807) is 6.20 Å². The average molecular weight is 378 g/mol. The van der Waals surface area contributed by atoms with E-state index in [9.17, 15) is 0 Å². The third-order valence-corrected chi connectivity index (χ3v) is 4.10. The van der Waals surface area contributed by atoms with Crippen molar-refractivity contribution in [2.24, 2.45) is 5.84 Å². The van der Waals surface area contributed by atoms with Crippen LogP contribution in [0.5, 0.6) is 0 Å². The third kappa shape index (κ3) is 3.02. The number of nitrogens with one attached hydrogen (secondary N) is 1. The molecule has 0 amide bonds. The number of rotatable bonds is 4. The molecule has 0 saturated heterocycles. The Bertz CT molecular complexity index is 612. The van der Waals surface area contributed by atoms with E-state index < -0.39 is 0 Å². The first-order chi connectivity index (χ1) is 9.45. The lowest BCUT2D eigenvalue weighted by Gasteiger charge is -2.21. The van der Waals surface area contributed by atoms with Crippen LogP contribution in [0.15, 0.2) is 28.9 Å². The Balaban J connectivity index is 2.55. The fourth-order valence-corrected chi connectivity index (χ4v) is 3.11. The molecule has 0 saturated carbocycles. The molecule has 0 radical (unpaired) electrons. The van der Waals surface area contributed by atoms with Crippen LogP contribution in [0.2, 0.25) is 10.0 Å². The number of hydrazine groups is 1. The molecule has 0 bridgehead atoms. The van der Waals surface area contributed by atoms with Crippen molar-refractivity contribution < 1.29 is 0 Å². The van der Waals surface area contributed by atoms with Gasteiger partial charge in [-0.2, -0.15) is 5.10 Å². The van der Waals surface area contributed by atoms with Gasteiger partial charge in [0.1, 0.15) is 0 Å². The summed E-state index contributed by atoms with van der Waals surface area (Å²) >= 11 is 16.0. The summed E-state index contributed by atoms with van der Waals surface area (Å²) in [5.74, 6) is 5.72. The SMILES string of the molecule is CC(C)n1ncc(Cl)c1C(NN)c1ccc(Br)cc1Cl. The number of nitrogens with two attached hydrogens (primary N) is 1. The van der Waals surface area contributed by atoms with Crippen LogP contribution in [-0.2, 0) is 0 Å². The summed E-state index contributed by atoms with van der Waals surface area (Å²) in [5.41, 5.74) is 4.42. The smallest absolute Gasteiger partial charge is 0.0907 e. The van der Waals surface area contributed by atoms with E-state index >= 15 is 0 Å². The largest absolute Gasteiger partial charge is 0.271 e. The molecule has 2 aromatic rings. The number of benzene rings is 1. The monoisotopic (exact) mass is 376 g/mol. The normalized spacial score (nSPS) is 12.9. The highest BCUT2D eigenvalue weighted by molar-refractivity contribution is 9.10. The summed E-state index contributed by atoms with van der Waals surface area (Å²) in [4.78, 5) is 0. The fraction of sp³-hybridized carbons (Fsp3) is 0.308. The molecule has 3 N–H and O–H groups in total. The lowest BCUT2D eigenvalue weighted by atomic mass is 10.0. The van der Waals surface area contributed by atoms with Gasteiger partial charge in [0.25, 0.3) is 0 Å². The molecule has 7 heteroatoms. The van der Waals surface area contributed by atoms with Gasteiger partial charge in [-0.1, -0.05) is 45.2 Å². The zero-order chi connectivity index (χ0) is 14.9. The standard InChI is InChI=1S/C13H15BrCl2N4/c1-7(2)20-13(11(16)6-18-20)12(19-17)9-4-3-8(14)5-10(9)15/h3-7,12,19H,17H2,1-2H3. The van der Waals surface area contributed by atoms with E-state index in [0.29, 0.717) is 10.0 Å². The summed E-state index contributed by atoms with van der Waals surface area (Å²) in [6, 6.07) is 5.49. The van der Waals surface area contributed by atoms with Crippen LogP contribution in [0.4, 0.5) is 0 Å². The molecule has 0 aliphatic carbocycles. The first-order valence-corrected chi connectivity index (χ1v) is 7.64. The highest BCUT2D eigenvalue weighted by Crippen LogP contribution is 2.34. The Labute approximate surface area is 136 Å². The van der Waals surface area contributed by atoms with Crippen LogP contribution in [0, 0.1) is 0 Å². The lowest BCUT2D eigenvalue weighted by molar-refractivity contribution is 0.476. The topological polar surface area (TPSA) is 55.9 Å². The van der Waals surface area contributed by atoms with Gasteiger partial charge < -0.3 is 0 Å². The first kappa shape index (κ1) is 15.8. The van der Waals surface area contributed by atoms with Gasteiger partial charge in [-0.15, -0.1) is 0 Å². The van der Waals surface area contributed by atoms with E-state index in [4.69, 9.17) is 29.0 Å². The number of hydrogen-bond donors (Lipinski definition) is 2. The van der Waals surface area contributed by atoms with Crippen molar-refractivity contribution in [1.29, 1.82) is 0 Å². The molecule has 108 valence electrons. The molecule has 0 aliphatic rings. The predicted molar refractivity (Wildman–Crippen MR) is 85.9 cm³/mol. The number of aromatic nitrogens is 2. The van der Waals surface area contributed by atoms with Crippen molar-refractivity contribution >= 4 is 39.1 Å². The Hall–Kier alpha value is -0.590. The van der Waals surface area contributed by atoms with Crippen molar-refractivity contribution in [3.63, 3.8) is 0 Å².